The Labute approximate surface area is 153 Å². The molecule has 3 aromatic rings. The molecule has 4 rings (SSSR count). The van der Waals surface area contributed by atoms with Gasteiger partial charge < -0.3 is 19.4 Å². The molecule has 0 atom stereocenters. The van der Waals surface area contributed by atoms with E-state index >= 15 is 0 Å². The predicted octanol–water partition coefficient (Wildman–Crippen LogP) is 3.01. The van der Waals surface area contributed by atoms with Crippen molar-refractivity contribution in [1.29, 1.82) is 0 Å². The Morgan fingerprint density at radius 2 is 2.42 bits per heavy atom. The number of aromatic amines is 1. The molecule has 0 saturated heterocycles. The monoisotopic (exact) mass is 371 g/mol. The molecule has 3 heterocycles. The van der Waals surface area contributed by atoms with Crippen LogP contribution in [-0.4, -0.2) is 34.2 Å². The number of carbonyl (C=O) groups is 1. The molecule has 9 heteroatoms. The van der Waals surface area contributed by atoms with Crippen LogP contribution >= 0.6 is 11.3 Å². The summed E-state index contributed by atoms with van der Waals surface area (Å²) in [6, 6.07) is 5.53. The lowest BCUT2D eigenvalue weighted by atomic mass is 10.2. The molecule has 0 fully saturated rings. The number of ether oxygens (including phenoxy) is 2. The highest BCUT2D eigenvalue weighted by Crippen LogP contribution is 2.34. The van der Waals surface area contributed by atoms with Crippen molar-refractivity contribution in [2.45, 2.75) is 13.2 Å². The van der Waals surface area contributed by atoms with Gasteiger partial charge in [-0.25, -0.2) is 14.8 Å². The summed E-state index contributed by atoms with van der Waals surface area (Å²) >= 11 is 1.44. The van der Waals surface area contributed by atoms with Crippen LogP contribution in [0.25, 0.3) is 0 Å². The minimum atomic E-state index is -0.517. The molecular weight excluding hydrogens is 354 g/mol. The maximum absolute atomic E-state index is 12.0. The molecule has 1 aliphatic heterocycles. The first-order chi connectivity index (χ1) is 12.8. The highest BCUT2D eigenvalue weighted by Gasteiger charge is 2.19. The molecular formula is C17H17N5O3S. The summed E-state index contributed by atoms with van der Waals surface area (Å²) < 4.78 is 10.9. The van der Waals surface area contributed by atoms with E-state index in [4.69, 9.17) is 9.47 Å². The number of nitrogens with zero attached hydrogens (tertiary/aromatic N) is 3. The van der Waals surface area contributed by atoms with Gasteiger partial charge in [0.2, 0.25) is 0 Å². The van der Waals surface area contributed by atoms with Crippen LogP contribution in [0, 0.1) is 0 Å². The molecule has 134 valence electrons. The molecule has 0 aliphatic carbocycles. The summed E-state index contributed by atoms with van der Waals surface area (Å²) in [5, 5.41) is 5.34. The lowest BCUT2D eigenvalue weighted by Crippen LogP contribution is -2.32. The molecule has 2 aromatic heterocycles. The Morgan fingerprint density at radius 1 is 1.46 bits per heavy atom. The smallest absolute Gasteiger partial charge is 0.412 e. The van der Waals surface area contributed by atoms with Crippen molar-refractivity contribution in [2.75, 3.05) is 23.4 Å². The second-order valence-corrected chi connectivity index (χ2v) is 6.64. The zero-order chi connectivity index (χ0) is 17.8. The summed E-state index contributed by atoms with van der Waals surface area (Å²) in [7, 11) is 0. The average Bonchev–Trinajstić information content (AvgIpc) is 3.34. The lowest BCUT2D eigenvalue weighted by molar-refractivity contribution is 0.155. The zero-order valence-electron chi connectivity index (χ0n) is 13.8. The number of H-pyrrole nitrogens is 1. The molecule has 0 spiro atoms. The first-order valence-electron chi connectivity index (χ1n) is 8.09. The van der Waals surface area contributed by atoms with Gasteiger partial charge in [0.1, 0.15) is 24.0 Å². The van der Waals surface area contributed by atoms with Crippen molar-refractivity contribution in [3.63, 3.8) is 0 Å². The first kappa shape index (κ1) is 16.4. The van der Waals surface area contributed by atoms with Crippen LogP contribution in [-0.2, 0) is 17.9 Å². The van der Waals surface area contributed by atoms with Crippen LogP contribution in [0.3, 0.4) is 0 Å². The second-order valence-electron chi connectivity index (χ2n) is 5.66. The number of hydrogen-bond donors (Lipinski definition) is 2. The van der Waals surface area contributed by atoms with E-state index in [1.165, 1.54) is 11.3 Å². The highest BCUT2D eigenvalue weighted by atomic mass is 32.1. The number of thiazole rings is 1. The largest absolute Gasteiger partial charge is 0.490 e. The molecule has 0 bridgehead atoms. The summed E-state index contributed by atoms with van der Waals surface area (Å²) in [6.45, 7) is 2.21. The van der Waals surface area contributed by atoms with Gasteiger partial charge in [-0.2, -0.15) is 0 Å². The summed E-state index contributed by atoms with van der Waals surface area (Å²) in [5.41, 5.74) is 2.58. The van der Waals surface area contributed by atoms with E-state index in [0.717, 1.165) is 28.7 Å². The number of benzene rings is 1. The number of rotatable bonds is 5. The van der Waals surface area contributed by atoms with Crippen molar-refractivity contribution < 1.29 is 14.3 Å². The standard InChI is InChI=1S/C17H17N5O3S/c23-17(25-10-16-19-3-6-26-16)21-12-1-2-15-14(7-12)22(4-5-24-15)9-13-8-18-11-20-13/h1-3,6-8,11H,4-5,9-10H2,(H,18,20)(H,21,23). The van der Waals surface area contributed by atoms with Gasteiger partial charge in [-0.05, 0) is 18.2 Å². The minimum Gasteiger partial charge on any atom is -0.490 e. The van der Waals surface area contributed by atoms with Crippen molar-refractivity contribution in [3.8, 4) is 5.75 Å². The third-order valence-corrected chi connectivity index (χ3v) is 4.64. The lowest BCUT2D eigenvalue weighted by Gasteiger charge is -2.31. The number of aromatic nitrogens is 3. The number of hydrogen-bond acceptors (Lipinski definition) is 7. The third-order valence-electron chi connectivity index (χ3n) is 3.89. The van der Waals surface area contributed by atoms with Crippen LogP contribution in [0.1, 0.15) is 10.7 Å². The van der Waals surface area contributed by atoms with Crippen molar-refractivity contribution >= 4 is 28.8 Å². The quantitative estimate of drug-likeness (QED) is 0.716. The second kappa shape index (κ2) is 7.44. The van der Waals surface area contributed by atoms with Crippen molar-refractivity contribution in [3.05, 3.63) is 53.0 Å². The van der Waals surface area contributed by atoms with E-state index in [2.05, 4.69) is 25.2 Å². The Hall–Kier alpha value is -3.07. The predicted molar refractivity (Wildman–Crippen MR) is 97.5 cm³/mol. The van der Waals surface area contributed by atoms with E-state index in [1.807, 2.05) is 17.5 Å². The maximum atomic E-state index is 12.0. The molecule has 0 unspecified atom stereocenters. The third kappa shape index (κ3) is 3.77. The Morgan fingerprint density at radius 3 is 3.23 bits per heavy atom. The molecule has 1 aromatic carbocycles. The van der Waals surface area contributed by atoms with Crippen LogP contribution in [0.15, 0.2) is 42.3 Å². The fourth-order valence-electron chi connectivity index (χ4n) is 2.70. The molecule has 1 aliphatic rings. The van der Waals surface area contributed by atoms with Crippen molar-refractivity contribution in [2.24, 2.45) is 0 Å². The number of imidazole rings is 1. The van der Waals surface area contributed by atoms with Gasteiger partial charge in [0.05, 0.1) is 30.8 Å². The van der Waals surface area contributed by atoms with Gasteiger partial charge in [-0.1, -0.05) is 0 Å². The topological polar surface area (TPSA) is 92.4 Å². The van der Waals surface area contributed by atoms with Crippen LogP contribution in [0.5, 0.6) is 5.75 Å². The minimum absolute atomic E-state index is 0.156. The van der Waals surface area contributed by atoms with E-state index in [0.29, 0.717) is 18.8 Å². The van der Waals surface area contributed by atoms with Gasteiger partial charge in [0, 0.05) is 23.5 Å². The number of anilines is 2. The maximum Gasteiger partial charge on any atom is 0.412 e. The number of nitrogens with one attached hydrogen (secondary N) is 2. The summed E-state index contributed by atoms with van der Waals surface area (Å²) in [6.07, 6.45) is 4.62. The van der Waals surface area contributed by atoms with Crippen LogP contribution < -0.4 is 15.0 Å². The fraction of sp³-hybridized carbons (Fsp3) is 0.235. The van der Waals surface area contributed by atoms with E-state index in [1.54, 1.807) is 24.8 Å². The normalized spacial score (nSPS) is 13.0. The summed E-state index contributed by atoms with van der Waals surface area (Å²) in [4.78, 5) is 25.4. The molecule has 1 amide bonds. The molecule has 26 heavy (non-hydrogen) atoms. The Bertz CT molecular complexity index is 867. The molecule has 0 saturated carbocycles. The number of amides is 1. The first-order valence-corrected chi connectivity index (χ1v) is 8.97. The zero-order valence-corrected chi connectivity index (χ0v) is 14.7. The Kier molecular flexibility index (Phi) is 4.69. The van der Waals surface area contributed by atoms with Gasteiger partial charge >= 0.3 is 6.09 Å². The highest BCUT2D eigenvalue weighted by molar-refractivity contribution is 7.09. The van der Waals surface area contributed by atoms with E-state index in [9.17, 15) is 4.79 Å². The van der Waals surface area contributed by atoms with E-state index < -0.39 is 6.09 Å². The SMILES string of the molecule is O=C(Nc1ccc2c(c1)N(Cc1cnc[nH]1)CCO2)OCc1nccs1. The van der Waals surface area contributed by atoms with Crippen LogP contribution in [0.2, 0.25) is 0 Å². The average molecular weight is 371 g/mol. The van der Waals surface area contributed by atoms with Gasteiger partial charge in [0.15, 0.2) is 0 Å². The molecule has 8 nitrogen and oxygen atoms in total. The van der Waals surface area contributed by atoms with Gasteiger partial charge in [0.25, 0.3) is 0 Å². The number of fused-ring (bicyclic) bond motifs is 1. The molecule has 0 radical (unpaired) electrons. The summed E-state index contributed by atoms with van der Waals surface area (Å²) in [5.74, 6) is 0.789. The fourth-order valence-corrected chi connectivity index (χ4v) is 3.22. The van der Waals surface area contributed by atoms with Gasteiger partial charge in [-0.3, -0.25) is 5.32 Å². The number of carbonyl (C=O) groups excluding carboxylic acids is 1. The Balaban J connectivity index is 1.44. The van der Waals surface area contributed by atoms with Crippen molar-refractivity contribution in [1.82, 2.24) is 15.0 Å². The van der Waals surface area contributed by atoms with Gasteiger partial charge in [-0.15, -0.1) is 11.3 Å². The van der Waals surface area contributed by atoms with E-state index in [-0.39, 0.29) is 6.61 Å². The van der Waals surface area contributed by atoms with Crippen LogP contribution in [0.4, 0.5) is 16.2 Å². The molecule has 2 N–H and O–H groups in total.